The van der Waals surface area contributed by atoms with E-state index in [0.29, 0.717) is 4.60 Å². The molecule has 0 fully saturated rings. The fourth-order valence-corrected chi connectivity index (χ4v) is 2.43. The van der Waals surface area contributed by atoms with Crippen molar-refractivity contribution in [3.05, 3.63) is 43.7 Å². The quantitative estimate of drug-likeness (QED) is 0.797. The Morgan fingerprint density at radius 3 is 2.50 bits per heavy atom. The molecule has 1 aromatic heterocycles. The molecule has 0 saturated carbocycles. The summed E-state index contributed by atoms with van der Waals surface area (Å²) in [6.45, 7) is 0. The zero-order valence-corrected chi connectivity index (χ0v) is 12.3. The molecule has 4 nitrogen and oxygen atoms in total. The molecular formula is C10H10BrIN4. The number of halogens is 2. The molecule has 0 aliphatic rings. The number of rotatable bonds is 2. The van der Waals surface area contributed by atoms with Crippen LogP contribution in [0.2, 0.25) is 0 Å². The Kier molecular flexibility index (Phi) is 3.60. The van der Waals surface area contributed by atoms with Crippen LogP contribution in [-0.2, 0) is 7.05 Å². The van der Waals surface area contributed by atoms with Crippen molar-refractivity contribution in [1.82, 2.24) is 15.0 Å². The number of aromatic nitrogens is 3. The van der Waals surface area contributed by atoms with Crippen molar-refractivity contribution < 1.29 is 0 Å². The van der Waals surface area contributed by atoms with Crippen LogP contribution >= 0.6 is 38.5 Å². The van der Waals surface area contributed by atoms with Gasteiger partial charge in [0.15, 0.2) is 4.60 Å². The van der Waals surface area contributed by atoms with Gasteiger partial charge < -0.3 is 5.73 Å². The van der Waals surface area contributed by atoms with Gasteiger partial charge in [-0.15, -0.1) is 5.10 Å². The van der Waals surface area contributed by atoms with E-state index >= 15 is 0 Å². The molecule has 6 heteroatoms. The summed E-state index contributed by atoms with van der Waals surface area (Å²) in [6.07, 6.45) is 0. The van der Waals surface area contributed by atoms with Gasteiger partial charge in [0.25, 0.3) is 0 Å². The average Bonchev–Trinajstić information content (AvgIpc) is 2.59. The fourth-order valence-electron chi connectivity index (χ4n) is 1.50. The molecule has 0 bridgehead atoms. The third kappa shape index (κ3) is 2.28. The molecule has 84 valence electrons. The first-order valence-electron chi connectivity index (χ1n) is 4.65. The van der Waals surface area contributed by atoms with E-state index in [1.165, 1.54) is 3.57 Å². The molecule has 1 atom stereocenters. The molecule has 2 N–H and O–H groups in total. The number of aryl methyl sites for hydroxylation is 1. The van der Waals surface area contributed by atoms with E-state index in [9.17, 15) is 0 Å². The molecule has 0 aliphatic carbocycles. The van der Waals surface area contributed by atoms with Gasteiger partial charge in [0.2, 0.25) is 0 Å². The molecule has 2 aromatic rings. The van der Waals surface area contributed by atoms with Crippen molar-refractivity contribution in [2.75, 3.05) is 0 Å². The van der Waals surface area contributed by atoms with Gasteiger partial charge in [0.05, 0.1) is 11.7 Å². The number of benzene rings is 1. The lowest BCUT2D eigenvalue weighted by Crippen LogP contribution is -2.16. The SMILES string of the molecule is Cn1nnc(Br)c1C(N)c1ccc(I)cc1. The lowest BCUT2D eigenvalue weighted by molar-refractivity contribution is 0.651. The standard InChI is InChI=1S/C10H10BrIN4/c1-16-9(10(11)14-15-16)8(13)6-2-4-7(12)5-3-6/h2-5,8H,13H2,1H3. The Morgan fingerprint density at radius 1 is 1.38 bits per heavy atom. The van der Waals surface area contributed by atoms with E-state index in [4.69, 9.17) is 5.73 Å². The van der Waals surface area contributed by atoms with Crippen molar-refractivity contribution in [2.24, 2.45) is 12.8 Å². The first-order valence-corrected chi connectivity index (χ1v) is 6.53. The van der Waals surface area contributed by atoms with Crippen molar-refractivity contribution in [3.8, 4) is 0 Å². The maximum absolute atomic E-state index is 6.18. The van der Waals surface area contributed by atoms with Crippen LogP contribution in [0.1, 0.15) is 17.3 Å². The third-order valence-corrected chi connectivity index (χ3v) is 3.63. The van der Waals surface area contributed by atoms with Gasteiger partial charge in [0.1, 0.15) is 0 Å². The second-order valence-electron chi connectivity index (χ2n) is 3.42. The van der Waals surface area contributed by atoms with Crippen LogP contribution in [0.5, 0.6) is 0 Å². The van der Waals surface area contributed by atoms with E-state index in [1.54, 1.807) is 4.68 Å². The summed E-state index contributed by atoms with van der Waals surface area (Å²) in [5.41, 5.74) is 8.10. The predicted octanol–water partition coefficient (Wildman–Crippen LogP) is 2.23. The molecular weight excluding hydrogens is 383 g/mol. The van der Waals surface area contributed by atoms with Crippen LogP contribution in [0.15, 0.2) is 28.9 Å². The van der Waals surface area contributed by atoms with Crippen LogP contribution < -0.4 is 5.73 Å². The van der Waals surface area contributed by atoms with E-state index in [1.807, 2.05) is 31.3 Å². The summed E-state index contributed by atoms with van der Waals surface area (Å²) in [6, 6.07) is 7.89. The summed E-state index contributed by atoms with van der Waals surface area (Å²) in [7, 11) is 1.83. The largest absolute Gasteiger partial charge is 0.319 e. The zero-order chi connectivity index (χ0) is 11.7. The van der Waals surface area contributed by atoms with E-state index in [0.717, 1.165) is 11.3 Å². The summed E-state index contributed by atoms with van der Waals surface area (Å²) in [5.74, 6) is 0. The molecule has 0 saturated heterocycles. The van der Waals surface area contributed by atoms with Gasteiger partial charge >= 0.3 is 0 Å². The van der Waals surface area contributed by atoms with Crippen LogP contribution in [0.4, 0.5) is 0 Å². The normalized spacial score (nSPS) is 12.8. The van der Waals surface area contributed by atoms with Crippen LogP contribution in [0.3, 0.4) is 0 Å². The molecule has 2 rings (SSSR count). The van der Waals surface area contributed by atoms with Crippen LogP contribution in [0, 0.1) is 3.57 Å². The fraction of sp³-hybridized carbons (Fsp3) is 0.200. The second kappa shape index (κ2) is 4.80. The maximum Gasteiger partial charge on any atom is 0.153 e. The van der Waals surface area contributed by atoms with E-state index in [-0.39, 0.29) is 6.04 Å². The highest BCUT2D eigenvalue weighted by Crippen LogP contribution is 2.24. The number of nitrogens with zero attached hydrogens (tertiary/aromatic N) is 3. The summed E-state index contributed by atoms with van der Waals surface area (Å²) in [4.78, 5) is 0. The van der Waals surface area contributed by atoms with E-state index < -0.39 is 0 Å². The zero-order valence-electron chi connectivity index (χ0n) is 8.56. The first-order chi connectivity index (χ1) is 7.59. The number of hydrogen-bond acceptors (Lipinski definition) is 3. The minimum absolute atomic E-state index is 0.216. The second-order valence-corrected chi connectivity index (χ2v) is 5.42. The molecule has 16 heavy (non-hydrogen) atoms. The molecule has 1 aromatic carbocycles. The van der Waals surface area contributed by atoms with Gasteiger partial charge in [-0.2, -0.15) is 0 Å². The highest BCUT2D eigenvalue weighted by molar-refractivity contribution is 14.1. The predicted molar refractivity (Wildman–Crippen MR) is 73.9 cm³/mol. The number of nitrogens with two attached hydrogens (primary N) is 1. The van der Waals surface area contributed by atoms with Gasteiger partial charge in [0, 0.05) is 10.6 Å². The van der Waals surface area contributed by atoms with Gasteiger partial charge in [-0.05, 0) is 56.2 Å². The summed E-state index contributed by atoms with van der Waals surface area (Å²) < 4.78 is 3.57. The monoisotopic (exact) mass is 392 g/mol. The van der Waals surface area contributed by atoms with Crippen LogP contribution in [0.25, 0.3) is 0 Å². The summed E-state index contributed by atoms with van der Waals surface area (Å²) in [5, 5.41) is 7.85. The lowest BCUT2D eigenvalue weighted by atomic mass is 10.1. The molecule has 0 spiro atoms. The minimum atomic E-state index is -0.216. The van der Waals surface area contributed by atoms with Gasteiger partial charge in [-0.25, -0.2) is 4.68 Å². The highest BCUT2D eigenvalue weighted by atomic mass is 127. The summed E-state index contributed by atoms with van der Waals surface area (Å²) >= 11 is 5.62. The third-order valence-electron chi connectivity index (χ3n) is 2.35. The number of hydrogen-bond donors (Lipinski definition) is 1. The Morgan fingerprint density at radius 2 is 2.00 bits per heavy atom. The molecule has 1 unspecified atom stereocenters. The Labute approximate surface area is 115 Å². The Bertz CT molecular complexity index is 475. The highest BCUT2D eigenvalue weighted by Gasteiger charge is 2.17. The van der Waals surface area contributed by atoms with Crippen molar-refractivity contribution >= 4 is 38.5 Å². The van der Waals surface area contributed by atoms with Crippen molar-refractivity contribution in [2.45, 2.75) is 6.04 Å². The van der Waals surface area contributed by atoms with Gasteiger partial charge in [-0.3, -0.25) is 0 Å². The maximum atomic E-state index is 6.18. The minimum Gasteiger partial charge on any atom is -0.319 e. The first kappa shape index (κ1) is 12.0. The van der Waals surface area contributed by atoms with E-state index in [2.05, 4.69) is 48.8 Å². The topological polar surface area (TPSA) is 56.7 Å². The van der Waals surface area contributed by atoms with Crippen molar-refractivity contribution in [1.29, 1.82) is 0 Å². The molecule has 1 heterocycles. The Hall–Kier alpha value is -0.470. The average molecular weight is 393 g/mol. The van der Waals surface area contributed by atoms with Crippen LogP contribution in [-0.4, -0.2) is 15.0 Å². The molecule has 0 amide bonds. The Balaban J connectivity index is 2.39. The van der Waals surface area contributed by atoms with Crippen molar-refractivity contribution in [3.63, 3.8) is 0 Å². The van der Waals surface area contributed by atoms with Gasteiger partial charge in [-0.1, -0.05) is 17.3 Å². The molecule has 0 aliphatic heterocycles. The molecule has 0 radical (unpaired) electrons. The smallest absolute Gasteiger partial charge is 0.153 e. The lowest BCUT2D eigenvalue weighted by Gasteiger charge is -2.12.